The summed E-state index contributed by atoms with van der Waals surface area (Å²) < 4.78 is 0. The summed E-state index contributed by atoms with van der Waals surface area (Å²) in [5.41, 5.74) is 7.61. The van der Waals surface area contributed by atoms with Crippen LogP contribution < -0.4 is 10.6 Å². The fourth-order valence-electron chi connectivity index (χ4n) is 1.91. The molecule has 5 nitrogen and oxygen atoms in total. The number of rotatable bonds is 1. The van der Waals surface area contributed by atoms with Crippen molar-refractivity contribution >= 4 is 17.5 Å². The first-order valence-electron chi connectivity index (χ1n) is 5.26. The van der Waals surface area contributed by atoms with Gasteiger partial charge in [-0.25, -0.2) is 4.79 Å². The Hall–Kier alpha value is -1.91. The van der Waals surface area contributed by atoms with Gasteiger partial charge < -0.3 is 20.6 Å². The van der Waals surface area contributed by atoms with Crippen molar-refractivity contribution in [3.05, 3.63) is 24.3 Å². The molecule has 0 radical (unpaired) electrons. The molecule has 1 heterocycles. The molecule has 1 aromatic rings. The van der Waals surface area contributed by atoms with E-state index < -0.39 is 6.09 Å². The minimum Gasteiger partial charge on any atom is -0.465 e. The number of hydrogen-bond acceptors (Lipinski definition) is 3. The van der Waals surface area contributed by atoms with E-state index in [1.807, 2.05) is 24.3 Å². The second-order valence-corrected chi connectivity index (χ2v) is 3.82. The van der Waals surface area contributed by atoms with Crippen LogP contribution in [0.15, 0.2) is 24.3 Å². The van der Waals surface area contributed by atoms with Gasteiger partial charge in [-0.15, -0.1) is 0 Å². The van der Waals surface area contributed by atoms with Gasteiger partial charge in [-0.3, -0.25) is 0 Å². The van der Waals surface area contributed by atoms with E-state index in [0.717, 1.165) is 11.4 Å². The van der Waals surface area contributed by atoms with Gasteiger partial charge in [0.2, 0.25) is 0 Å². The lowest BCUT2D eigenvalue weighted by molar-refractivity contribution is 0.142. The number of carbonyl (C=O) groups is 1. The monoisotopic (exact) mass is 221 g/mol. The molecule has 0 spiro atoms. The Morgan fingerprint density at radius 2 is 1.81 bits per heavy atom. The fraction of sp³-hybridized carbons (Fsp3) is 0.364. The number of benzene rings is 1. The van der Waals surface area contributed by atoms with Gasteiger partial charge in [0.25, 0.3) is 0 Å². The first-order chi connectivity index (χ1) is 7.68. The first kappa shape index (κ1) is 10.6. The van der Waals surface area contributed by atoms with E-state index in [1.165, 1.54) is 4.90 Å². The highest BCUT2D eigenvalue weighted by Gasteiger charge is 2.21. The molecular formula is C11H15N3O2. The van der Waals surface area contributed by atoms with Crippen LogP contribution in [-0.2, 0) is 0 Å². The Morgan fingerprint density at radius 1 is 1.19 bits per heavy atom. The number of carboxylic acid groups (broad SMARTS) is 1. The maximum absolute atomic E-state index is 10.7. The summed E-state index contributed by atoms with van der Waals surface area (Å²) in [6.45, 7) is 2.45. The molecule has 0 bridgehead atoms. The quantitative estimate of drug-likeness (QED) is 0.696. The molecule has 3 N–H and O–H groups in total. The van der Waals surface area contributed by atoms with Crippen LogP contribution in [0.1, 0.15) is 0 Å². The lowest BCUT2D eigenvalue weighted by Crippen LogP contribution is -2.48. The Kier molecular flexibility index (Phi) is 2.85. The van der Waals surface area contributed by atoms with Gasteiger partial charge in [-0.1, -0.05) is 12.1 Å². The highest BCUT2D eigenvalue weighted by Crippen LogP contribution is 2.23. The van der Waals surface area contributed by atoms with Gasteiger partial charge in [0.1, 0.15) is 0 Å². The SMILES string of the molecule is Nc1ccccc1N1CCN(C(=O)O)CC1. The summed E-state index contributed by atoms with van der Waals surface area (Å²) in [5, 5.41) is 8.83. The van der Waals surface area contributed by atoms with E-state index in [-0.39, 0.29) is 0 Å². The summed E-state index contributed by atoms with van der Waals surface area (Å²) in [5.74, 6) is 0. The van der Waals surface area contributed by atoms with Crippen LogP contribution in [0.2, 0.25) is 0 Å². The third-order valence-electron chi connectivity index (χ3n) is 2.83. The number of amides is 1. The molecule has 86 valence electrons. The third-order valence-corrected chi connectivity index (χ3v) is 2.83. The highest BCUT2D eigenvalue weighted by molar-refractivity contribution is 5.69. The van der Waals surface area contributed by atoms with Crippen molar-refractivity contribution in [3.8, 4) is 0 Å². The average Bonchev–Trinajstić information content (AvgIpc) is 2.30. The second kappa shape index (κ2) is 4.30. The van der Waals surface area contributed by atoms with Crippen molar-refractivity contribution in [2.45, 2.75) is 0 Å². The molecule has 1 aliphatic heterocycles. The molecule has 0 atom stereocenters. The zero-order valence-corrected chi connectivity index (χ0v) is 8.97. The van der Waals surface area contributed by atoms with Crippen LogP contribution >= 0.6 is 0 Å². The molecule has 0 saturated carbocycles. The molecule has 1 aromatic carbocycles. The van der Waals surface area contributed by atoms with Gasteiger partial charge in [-0.2, -0.15) is 0 Å². The molecule has 1 saturated heterocycles. The number of nitrogens with two attached hydrogens (primary N) is 1. The van der Waals surface area contributed by atoms with Gasteiger partial charge in [0.05, 0.1) is 11.4 Å². The summed E-state index contributed by atoms with van der Waals surface area (Å²) in [6, 6.07) is 7.66. The van der Waals surface area contributed by atoms with Crippen LogP contribution in [0.5, 0.6) is 0 Å². The molecule has 0 unspecified atom stereocenters. The van der Waals surface area contributed by atoms with E-state index >= 15 is 0 Å². The van der Waals surface area contributed by atoms with Gasteiger partial charge >= 0.3 is 6.09 Å². The molecule has 1 amide bonds. The van der Waals surface area contributed by atoms with Crippen LogP contribution in [-0.4, -0.2) is 42.3 Å². The topological polar surface area (TPSA) is 69.8 Å². The molecule has 16 heavy (non-hydrogen) atoms. The standard InChI is InChI=1S/C11H15N3O2/c12-9-3-1-2-4-10(9)13-5-7-14(8-6-13)11(15)16/h1-4H,5-8,12H2,(H,15,16). The second-order valence-electron chi connectivity index (χ2n) is 3.82. The molecular weight excluding hydrogens is 206 g/mol. The van der Waals surface area contributed by atoms with E-state index in [2.05, 4.69) is 4.90 Å². The largest absolute Gasteiger partial charge is 0.465 e. The Balaban J connectivity index is 2.05. The first-order valence-corrected chi connectivity index (χ1v) is 5.26. The highest BCUT2D eigenvalue weighted by atomic mass is 16.4. The fourth-order valence-corrected chi connectivity index (χ4v) is 1.91. The van der Waals surface area contributed by atoms with Crippen molar-refractivity contribution < 1.29 is 9.90 Å². The van der Waals surface area contributed by atoms with Crippen LogP contribution in [0, 0.1) is 0 Å². The van der Waals surface area contributed by atoms with Gasteiger partial charge in [0, 0.05) is 26.2 Å². The molecule has 0 aromatic heterocycles. The summed E-state index contributed by atoms with van der Waals surface area (Å²) in [6.07, 6.45) is -0.847. The number of anilines is 2. The number of para-hydroxylation sites is 2. The van der Waals surface area contributed by atoms with Crippen molar-refractivity contribution in [3.63, 3.8) is 0 Å². The van der Waals surface area contributed by atoms with Crippen molar-refractivity contribution in [1.29, 1.82) is 0 Å². The van der Waals surface area contributed by atoms with Crippen molar-refractivity contribution in [2.24, 2.45) is 0 Å². The van der Waals surface area contributed by atoms with E-state index in [4.69, 9.17) is 10.8 Å². The minimum absolute atomic E-state index is 0.531. The van der Waals surface area contributed by atoms with Gasteiger partial charge in [-0.05, 0) is 12.1 Å². The summed E-state index contributed by atoms with van der Waals surface area (Å²) >= 11 is 0. The number of nitrogens with zero attached hydrogens (tertiary/aromatic N) is 2. The maximum Gasteiger partial charge on any atom is 0.407 e. The Labute approximate surface area is 94.1 Å². The minimum atomic E-state index is -0.847. The zero-order valence-electron chi connectivity index (χ0n) is 8.97. The predicted octanol–water partition coefficient (Wildman–Crippen LogP) is 1.07. The number of hydrogen-bond donors (Lipinski definition) is 2. The number of piperazine rings is 1. The average molecular weight is 221 g/mol. The van der Waals surface area contributed by atoms with E-state index in [1.54, 1.807) is 0 Å². The summed E-state index contributed by atoms with van der Waals surface area (Å²) in [7, 11) is 0. The molecule has 5 heteroatoms. The van der Waals surface area contributed by atoms with Crippen LogP contribution in [0.25, 0.3) is 0 Å². The zero-order chi connectivity index (χ0) is 11.5. The normalized spacial score (nSPS) is 16.2. The molecule has 1 fully saturated rings. The Morgan fingerprint density at radius 3 is 2.38 bits per heavy atom. The van der Waals surface area contributed by atoms with Crippen LogP contribution in [0.3, 0.4) is 0 Å². The maximum atomic E-state index is 10.7. The van der Waals surface area contributed by atoms with Gasteiger partial charge in [0.15, 0.2) is 0 Å². The summed E-state index contributed by atoms with van der Waals surface area (Å²) in [4.78, 5) is 14.3. The van der Waals surface area contributed by atoms with E-state index in [0.29, 0.717) is 26.2 Å². The van der Waals surface area contributed by atoms with Crippen molar-refractivity contribution in [1.82, 2.24) is 4.90 Å². The smallest absolute Gasteiger partial charge is 0.407 e. The molecule has 0 aliphatic carbocycles. The van der Waals surface area contributed by atoms with Crippen molar-refractivity contribution in [2.75, 3.05) is 36.8 Å². The van der Waals surface area contributed by atoms with E-state index in [9.17, 15) is 4.79 Å². The Bertz CT molecular complexity index is 387. The third kappa shape index (κ3) is 2.03. The lowest BCUT2D eigenvalue weighted by atomic mass is 10.2. The molecule has 2 rings (SSSR count). The molecule has 1 aliphatic rings. The van der Waals surface area contributed by atoms with Crippen LogP contribution in [0.4, 0.5) is 16.2 Å². The lowest BCUT2D eigenvalue weighted by Gasteiger charge is -2.35. The predicted molar refractivity (Wildman–Crippen MR) is 62.7 cm³/mol. The number of nitrogen functional groups attached to an aromatic ring is 1.